The van der Waals surface area contributed by atoms with Gasteiger partial charge in [0.2, 0.25) is 0 Å². The van der Waals surface area contributed by atoms with E-state index in [9.17, 15) is 0 Å². The summed E-state index contributed by atoms with van der Waals surface area (Å²) in [6.07, 6.45) is 5.95. The van der Waals surface area contributed by atoms with Gasteiger partial charge in [0.25, 0.3) is 0 Å². The molecule has 3 rings (SSSR count). The summed E-state index contributed by atoms with van der Waals surface area (Å²) in [5.74, 6) is 0.507. The van der Waals surface area contributed by atoms with Crippen LogP contribution in [0.15, 0.2) is 24.4 Å². The lowest BCUT2D eigenvalue weighted by molar-refractivity contribution is 0.626. The number of hydrogen-bond donors (Lipinski definition) is 1. The molecule has 1 aromatic carbocycles. The number of nitrogens with zero attached hydrogens (tertiary/aromatic N) is 1. The van der Waals surface area contributed by atoms with Gasteiger partial charge in [-0.05, 0) is 42.9 Å². The summed E-state index contributed by atoms with van der Waals surface area (Å²) in [6, 6.07) is 6.72. The third kappa shape index (κ3) is 1.59. The molecule has 1 aliphatic rings. The SMILES string of the molecule is CCC(CN)c1cn2c3c(cccc13)CCC2. The Hall–Kier alpha value is -1.28. The molecular formula is C15H20N2. The van der Waals surface area contributed by atoms with Crippen molar-refractivity contribution in [3.8, 4) is 0 Å². The van der Waals surface area contributed by atoms with Gasteiger partial charge >= 0.3 is 0 Å². The zero-order chi connectivity index (χ0) is 11.8. The molecule has 0 bridgehead atoms. The molecule has 1 unspecified atom stereocenters. The Morgan fingerprint density at radius 2 is 2.29 bits per heavy atom. The number of aryl methyl sites for hydroxylation is 2. The van der Waals surface area contributed by atoms with Gasteiger partial charge in [-0.15, -0.1) is 0 Å². The topological polar surface area (TPSA) is 30.9 Å². The fraction of sp³-hybridized carbons (Fsp3) is 0.467. The first-order valence-electron chi connectivity index (χ1n) is 6.65. The summed E-state index contributed by atoms with van der Waals surface area (Å²) >= 11 is 0. The Balaban J connectivity index is 2.24. The van der Waals surface area contributed by atoms with Crippen molar-refractivity contribution < 1.29 is 0 Å². The van der Waals surface area contributed by atoms with Crippen LogP contribution in [0.5, 0.6) is 0 Å². The van der Waals surface area contributed by atoms with Crippen molar-refractivity contribution in [3.63, 3.8) is 0 Å². The molecule has 2 nitrogen and oxygen atoms in total. The van der Waals surface area contributed by atoms with Gasteiger partial charge in [-0.2, -0.15) is 0 Å². The Kier molecular flexibility index (Phi) is 2.67. The molecule has 2 aromatic rings. The van der Waals surface area contributed by atoms with Crippen molar-refractivity contribution >= 4 is 10.9 Å². The van der Waals surface area contributed by atoms with E-state index in [1.54, 1.807) is 0 Å². The lowest BCUT2D eigenvalue weighted by Gasteiger charge is -2.14. The molecule has 1 atom stereocenters. The van der Waals surface area contributed by atoms with E-state index < -0.39 is 0 Å². The van der Waals surface area contributed by atoms with E-state index in [0.29, 0.717) is 5.92 Å². The molecule has 17 heavy (non-hydrogen) atoms. The fourth-order valence-corrected chi connectivity index (χ4v) is 3.12. The van der Waals surface area contributed by atoms with Gasteiger partial charge in [-0.25, -0.2) is 0 Å². The zero-order valence-electron chi connectivity index (χ0n) is 10.4. The molecule has 2 N–H and O–H groups in total. The van der Waals surface area contributed by atoms with Gasteiger partial charge in [0.05, 0.1) is 5.52 Å². The van der Waals surface area contributed by atoms with Crippen molar-refractivity contribution in [1.82, 2.24) is 4.57 Å². The van der Waals surface area contributed by atoms with Crippen LogP contribution >= 0.6 is 0 Å². The lowest BCUT2D eigenvalue weighted by atomic mass is 9.95. The number of rotatable bonds is 3. The molecule has 0 radical (unpaired) electrons. The highest BCUT2D eigenvalue weighted by atomic mass is 15.0. The maximum Gasteiger partial charge on any atom is 0.0515 e. The number of aromatic nitrogens is 1. The molecule has 90 valence electrons. The third-order valence-electron chi connectivity index (χ3n) is 4.07. The van der Waals surface area contributed by atoms with Gasteiger partial charge in [0, 0.05) is 18.1 Å². The van der Waals surface area contributed by atoms with Crippen LogP contribution in [0.1, 0.15) is 36.8 Å². The third-order valence-corrected chi connectivity index (χ3v) is 4.07. The average molecular weight is 228 g/mol. The summed E-state index contributed by atoms with van der Waals surface area (Å²) in [6.45, 7) is 4.14. The molecule has 0 aliphatic carbocycles. The summed E-state index contributed by atoms with van der Waals surface area (Å²) in [5.41, 5.74) is 10.3. The van der Waals surface area contributed by atoms with E-state index in [1.807, 2.05) is 0 Å². The van der Waals surface area contributed by atoms with Crippen LogP contribution in [0.2, 0.25) is 0 Å². The van der Waals surface area contributed by atoms with Gasteiger partial charge in [0.15, 0.2) is 0 Å². The smallest absolute Gasteiger partial charge is 0.0515 e. The van der Waals surface area contributed by atoms with Crippen LogP contribution in [0.4, 0.5) is 0 Å². The van der Waals surface area contributed by atoms with Gasteiger partial charge in [0.1, 0.15) is 0 Å². The lowest BCUT2D eigenvalue weighted by Crippen LogP contribution is -2.11. The summed E-state index contributed by atoms with van der Waals surface area (Å²) < 4.78 is 2.43. The maximum absolute atomic E-state index is 5.90. The minimum atomic E-state index is 0.507. The summed E-state index contributed by atoms with van der Waals surface area (Å²) in [5, 5.41) is 1.43. The first-order valence-corrected chi connectivity index (χ1v) is 6.65. The highest BCUT2D eigenvalue weighted by molar-refractivity contribution is 5.87. The van der Waals surface area contributed by atoms with E-state index in [-0.39, 0.29) is 0 Å². The summed E-state index contributed by atoms with van der Waals surface area (Å²) in [4.78, 5) is 0. The second-order valence-corrected chi connectivity index (χ2v) is 5.04. The number of nitrogens with two attached hydrogens (primary N) is 1. The van der Waals surface area contributed by atoms with Gasteiger partial charge in [-0.1, -0.05) is 25.1 Å². The van der Waals surface area contributed by atoms with Crippen molar-refractivity contribution in [2.24, 2.45) is 5.73 Å². The second kappa shape index (κ2) is 4.19. The van der Waals surface area contributed by atoms with Gasteiger partial charge < -0.3 is 10.3 Å². The normalized spacial score (nSPS) is 16.4. The average Bonchev–Trinajstić information content (AvgIpc) is 2.73. The first-order chi connectivity index (χ1) is 8.35. The second-order valence-electron chi connectivity index (χ2n) is 5.04. The van der Waals surface area contributed by atoms with Gasteiger partial charge in [-0.3, -0.25) is 0 Å². The minimum Gasteiger partial charge on any atom is -0.347 e. The number of hydrogen-bond acceptors (Lipinski definition) is 1. The standard InChI is InChI=1S/C15H20N2/c1-2-11(9-16)14-10-17-8-4-6-12-5-3-7-13(14)15(12)17/h3,5,7,10-11H,2,4,6,8-9,16H2,1H3. The van der Waals surface area contributed by atoms with E-state index in [2.05, 4.69) is 35.9 Å². The Morgan fingerprint density at radius 3 is 3.06 bits per heavy atom. The monoisotopic (exact) mass is 228 g/mol. The predicted molar refractivity (Wildman–Crippen MR) is 72.3 cm³/mol. The molecular weight excluding hydrogens is 208 g/mol. The molecule has 2 heteroatoms. The Bertz CT molecular complexity index is 535. The molecule has 0 fully saturated rings. The van der Waals surface area contributed by atoms with E-state index in [1.165, 1.54) is 34.9 Å². The molecule has 0 saturated carbocycles. The zero-order valence-corrected chi connectivity index (χ0v) is 10.4. The largest absolute Gasteiger partial charge is 0.347 e. The number of para-hydroxylation sites is 1. The molecule has 0 amide bonds. The highest BCUT2D eigenvalue weighted by Crippen LogP contribution is 2.33. The van der Waals surface area contributed by atoms with E-state index >= 15 is 0 Å². The van der Waals surface area contributed by atoms with Crippen LogP contribution in [-0.4, -0.2) is 11.1 Å². The Morgan fingerprint density at radius 1 is 1.41 bits per heavy atom. The van der Waals surface area contributed by atoms with E-state index in [0.717, 1.165) is 19.5 Å². The van der Waals surface area contributed by atoms with Crippen molar-refractivity contribution in [2.75, 3.05) is 6.54 Å². The van der Waals surface area contributed by atoms with Crippen molar-refractivity contribution in [3.05, 3.63) is 35.5 Å². The molecule has 1 aliphatic heterocycles. The molecule has 2 heterocycles. The first kappa shape index (κ1) is 10.8. The van der Waals surface area contributed by atoms with Crippen molar-refractivity contribution in [1.29, 1.82) is 0 Å². The molecule has 1 aromatic heterocycles. The van der Waals surface area contributed by atoms with Crippen molar-refractivity contribution in [2.45, 2.75) is 38.6 Å². The van der Waals surface area contributed by atoms with Crippen LogP contribution in [0.25, 0.3) is 10.9 Å². The Labute approximate surface area is 102 Å². The minimum absolute atomic E-state index is 0.507. The molecule has 0 spiro atoms. The fourth-order valence-electron chi connectivity index (χ4n) is 3.12. The van der Waals surface area contributed by atoms with Crippen LogP contribution in [-0.2, 0) is 13.0 Å². The maximum atomic E-state index is 5.90. The van der Waals surface area contributed by atoms with E-state index in [4.69, 9.17) is 5.73 Å². The molecule has 0 saturated heterocycles. The van der Waals surface area contributed by atoms with Crippen LogP contribution in [0, 0.1) is 0 Å². The number of benzene rings is 1. The highest BCUT2D eigenvalue weighted by Gasteiger charge is 2.19. The quantitative estimate of drug-likeness (QED) is 0.860. The van der Waals surface area contributed by atoms with Crippen LogP contribution in [0.3, 0.4) is 0 Å². The predicted octanol–water partition coefficient (Wildman–Crippen LogP) is 3.04. The van der Waals surface area contributed by atoms with Crippen LogP contribution < -0.4 is 5.73 Å². The summed E-state index contributed by atoms with van der Waals surface area (Å²) in [7, 11) is 0.